The van der Waals surface area contributed by atoms with Crippen molar-refractivity contribution in [3.63, 3.8) is 0 Å². The number of hydrogen-bond acceptors (Lipinski definition) is 3. The number of hydrogen-bond donors (Lipinski definition) is 1. The van der Waals surface area contributed by atoms with E-state index in [2.05, 4.69) is 43.1 Å². The highest BCUT2D eigenvalue weighted by atomic mass is 16.2. The monoisotopic (exact) mass is 291 g/mol. The number of amides is 1. The van der Waals surface area contributed by atoms with Crippen molar-refractivity contribution < 1.29 is 4.79 Å². The van der Waals surface area contributed by atoms with E-state index in [1.54, 1.807) is 4.90 Å². The summed E-state index contributed by atoms with van der Waals surface area (Å²) in [6.45, 7) is 10.1. The molecule has 0 saturated heterocycles. The fourth-order valence-corrected chi connectivity index (χ4v) is 2.25. The van der Waals surface area contributed by atoms with Gasteiger partial charge in [0, 0.05) is 38.3 Å². The summed E-state index contributed by atoms with van der Waals surface area (Å²) in [7, 11) is 3.73. The lowest BCUT2D eigenvalue weighted by molar-refractivity contribution is 0.0797. The van der Waals surface area contributed by atoms with Gasteiger partial charge in [0.25, 0.3) is 5.91 Å². The van der Waals surface area contributed by atoms with Gasteiger partial charge in [0.05, 0.1) is 0 Å². The highest BCUT2D eigenvalue weighted by Gasteiger charge is 2.12. The highest BCUT2D eigenvalue weighted by Crippen LogP contribution is 2.11. The number of rotatable bonds is 8. The predicted octanol–water partition coefficient (Wildman–Crippen LogP) is 2.21. The first-order valence-electron chi connectivity index (χ1n) is 7.72. The molecule has 0 fully saturated rings. The first kappa shape index (κ1) is 17.7. The Balaban J connectivity index is 2.67. The smallest absolute Gasteiger partial charge is 0.253 e. The zero-order valence-electron chi connectivity index (χ0n) is 14.0. The van der Waals surface area contributed by atoms with Gasteiger partial charge in [0.2, 0.25) is 0 Å². The average Bonchev–Trinajstić information content (AvgIpc) is 2.49. The lowest BCUT2D eigenvalue weighted by Gasteiger charge is -2.24. The molecule has 21 heavy (non-hydrogen) atoms. The van der Waals surface area contributed by atoms with Crippen LogP contribution in [0.5, 0.6) is 0 Å². The Bertz CT molecular complexity index is 428. The summed E-state index contributed by atoms with van der Waals surface area (Å²) in [6.07, 6.45) is 0. The van der Waals surface area contributed by atoms with E-state index in [0.717, 1.165) is 25.2 Å². The lowest BCUT2D eigenvalue weighted by Crippen LogP contribution is -2.32. The van der Waals surface area contributed by atoms with E-state index in [4.69, 9.17) is 0 Å². The number of carbonyl (C=O) groups excluding carboxylic acids is 1. The van der Waals surface area contributed by atoms with Crippen LogP contribution in [0.15, 0.2) is 24.3 Å². The number of nitrogens with zero attached hydrogens (tertiary/aromatic N) is 2. The van der Waals surface area contributed by atoms with E-state index >= 15 is 0 Å². The molecule has 0 unspecified atom stereocenters. The van der Waals surface area contributed by atoms with Crippen LogP contribution in [0.3, 0.4) is 0 Å². The molecular formula is C17H29N3O. The lowest BCUT2D eigenvalue weighted by atomic mass is 10.1. The van der Waals surface area contributed by atoms with Gasteiger partial charge in [-0.2, -0.15) is 0 Å². The zero-order valence-corrected chi connectivity index (χ0v) is 14.0. The number of benzene rings is 1. The standard InChI is InChI=1S/C17H29N3O/c1-6-20(14(2)3)13-15-7-9-16(10-8-15)17(21)19(5)12-11-18-4/h7-10,14,18H,6,11-13H2,1-5H3. The van der Waals surface area contributed by atoms with Crippen LogP contribution in [0.4, 0.5) is 0 Å². The second kappa shape index (κ2) is 8.80. The van der Waals surface area contributed by atoms with Crippen LogP contribution in [-0.4, -0.2) is 55.5 Å². The van der Waals surface area contributed by atoms with Gasteiger partial charge in [-0.3, -0.25) is 9.69 Å². The number of likely N-dealkylation sites (N-methyl/N-ethyl adjacent to an activating group) is 2. The fourth-order valence-electron chi connectivity index (χ4n) is 2.25. The van der Waals surface area contributed by atoms with Crippen molar-refractivity contribution in [2.24, 2.45) is 0 Å². The van der Waals surface area contributed by atoms with Gasteiger partial charge in [0.15, 0.2) is 0 Å². The van der Waals surface area contributed by atoms with Crippen LogP contribution in [0, 0.1) is 0 Å². The van der Waals surface area contributed by atoms with Crippen molar-refractivity contribution in [2.45, 2.75) is 33.4 Å². The third-order valence-corrected chi connectivity index (χ3v) is 3.77. The van der Waals surface area contributed by atoms with E-state index in [1.165, 1.54) is 5.56 Å². The average molecular weight is 291 g/mol. The van der Waals surface area contributed by atoms with E-state index in [-0.39, 0.29) is 5.91 Å². The SMILES string of the molecule is CCN(Cc1ccc(C(=O)N(C)CCNC)cc1)C(C)C. The maximum absolute atomic E-state index is 12.2. The summed E-state index contributed by atoms with van der Waals surface area (Å²) >= 11 is 0. The van der Waals surface area contributed by atoms with Crippen LogP contribution < -0.4 is 5.32 Å². The Morgan fingerprint density at radius 2 is 1.86 bits per heavy atom. The second-order valence-corrected chi connectivity index (χ2v) is 5.68. The summed E-state index contributed by atoms with van der Waals surface area (Å²) in [4.78, 5) is 16.4. The topological polar surface area (TPSA) is 35.6 Å². The summed E-state index contributed by atoms with van der Waals surface area (Å²) in [5.74, 6) is 0.0769. The molecule has 0 aliphatic rings. The minimum Gasteiger partial charge on any atom is -0.340 e. The Morgan fingerprint density at radius 3 is 2.33 bits per heavy atom. The minimum atomic E-state index is 0.0769. The van der Waals surface area contributed by atoms with Gasteiger partial charge >= 0.3 is 0 Å². The minimum absolute atomic E-state index is 0.0769. The molecule has 0 spiro atoms. The maximum atomic E-state index is 12.2. The molecule has 0 bridgehead atoms. The summed E-state index contributed by atoms with van der Waals surface area (Å²) in [5, 5.41) is 3.05. The van der Waals surface area contributed by atoms with Crippen LogP contribution in [-0.2, 0) is 6.54 Å². The Morgan fingerprint density at radius 1 is 1.24 bits per heavy atom. The third-order valence-electron chi connectivity index (χ3n) is 3.77. The maximum Gasteiger partial charge on any atom is 0.253 e. The van der Waals surface area contributed by atoms with Crippen LogP contribution in [0.25, 0.3) is 0 Å². The van der Waals surface area contributed by atoms with Gasteiger partial charge in [-0.1, -0.05) is 19.1 Å². The Hall–Kier alpha value is -1.39. The quantitative estimate of drug-likeness (QED) is 0.797. The predicted molar refractivity (Wildman–Crippen MR) is 88.5 cm³/mol. The molecule has 1 aromatic carbocycles. The van der Waals surface area contributed by atoms with Gasteiger partial charge in [0.1, 0.15) is 0 Å². The fraction of sp³-hybridized carbons (Fsp3) is 0.588. The van der Waals surface area contributed by atoms with Crippen LogP contribution in [0.1, 0.15) is 36.7 Å². The third kappa shape index (κ3) is 5.48. The van der Waals surface area contributed by atoms with Crippen molar-refractivity contribution in [2.75, 3.05) is 33.7 Å². The van der Waals surface area contributed by atoms with E-state index < -0.39 is 0 Å². The molecule has 0 saturated carbocycles. The summed E-state index contributed by atoms with van der Waals surface area (Å²) in [6, 6.07) is 8.52. The molecule has 0 aliphatic heterocycles. The Labute approximate surface area is 129 Å². The van der Waals surface area contributed by atoms with Crippen molar-refractivity contribution in [1.82, 2.24) is 15.1 Å². The van der Waals surface area contributed by atoms with Crippen molar-refractivity contribution >= 4 is 5.91 Å². The molecule has 1 amide bonds. The summed E-state index contributed by atoms with van der Waals surface area (Å²) < 4.78 is 0. The first-order valence-corrected chi connectivity index (χ1v) is 7.72. The second-order valence-electron chi connectivity index (χ2n) is 5.68. The molecule has 0 aromatic heterocycles. The van der Waals surface area contributed by atoms with Gasteiger partial charge in [-0.15, -0.1) is 0 Å². The van der Waals surface area contributed by atoms with Crippen molar-refractivity contribution in [3.05, 3.63) is 35.4 Å². The van der Waals surface area contributed by atoms with Crippen LogP contribution in [0.2, 0.25) is 0 Å². The molecule has 4 heteroatoms. The zero-order chi connectivity index (χ0) is 15.8. The molecular weight excluding hydrogens is 262 g/mol. The molecule has 1 N–H and O–H groups in total. The number of carbonyl (C=O) groups is 1. The van der Waals surface area contributed by atoms with Crippen LogP contribution >= 0.6 is 0 Å². The molecule has 1 rings (SSSR count). The summed E-state index contributed by atoms with van der Waals surface area (Å²) in [5.41, 5.74) is 2.00. The van der Waals surface area contributed by atoms with Crippen molar-refractivity contribution in [3.8, 4) is 0 Å². The highest BCUT2D eigenvalue weighted by molar-refractivity contribution is 5.94. The molecule has 0 aliphatic carbocycles. The largest absolute Gasteiger partial charge is 0.340 e. The first-order chi connectivity index (χ1) is 9.99. The molecule has 0 heterocycles. The molecule has 0 atom stereocenters. The molecule has 0 radical (unpaired) electrons. The normalized spacial score (nSPS) is 11.2. The van der Waals surface area contributed by atoms with E-state index in [0.29, 0.717) is 12.6 Å². The molecule has 1 aromatic rings. The van der Waals surface area contributed by atoms with Gasteiger partial charge in [-0.05, 0) is 45.1 Å². The van der Waals surface area contributed by atoms with Gasteiger partial charge in [-0.25, -0.2) is 0 Å². The Kier molecular flexibility index (Phi) is 7.40. The number of nitrogens with one attached hydrogen (secondary N) is 1. The van der Waals surface area contributed by atoms with E-state index in [1.807, 2.05) is 26.2 Å². The van der Waals surface area contributed by atoms with Gasteiger partial charge < -0.3 is 10.2 Å². The van der Waals surface area contributed by atoms with E-state index in [9.17, 15) is 4.79 Å². The molecule has 4 nitrogen and oxygen atoms in total. The molecule has 118 valence electrons. The van der Waals surface area contributed by atoms with Crippen molar-refractivity contribution in [1.29, 1.82) is 0 Å².